The zero-order chi connectivity index (χ0) is 51.4. The minimum absolute atomic E-state index is 0.0379. The van der Waals surface area contributed by atoms with Crippen LogP contribution in [0.2, 0.25) is 5.02 Å². The summed E-state index contributed by atoms with van der Waals surface area (Å²) in [5.41, 5.74) is 3.74. The summed E-state index contributed by atoms with van der Waals surface area (Å²) in [4.78, 5) is 70.3. The SMILES string of the molecule is COc1cc(-c2scnc2C)ccc1CNC(=O)[C@@H]1C[C@@H](O)CN1C(=O)C(NC(=O)COCCN1CCN(c2ccc(C(=O)NC3C(C)(C)C(Oc4ccc(C#N)c(Cl)c4)C3(C)C)cn2)CC1)C(C)(C)C. The van der Waals surface area contributed by atoms with Gasteiger partial charge in [-0.25, -0.2) is 9.97 Å². The Bertz CT molecular complexity index is 2610. The van der Waals surface area contributed by atoms with Crippen molar-refractivity contribution in [1.29, 1.82) is 5.26 Å². The van der Waals surface area contributed by atoms with Gasteiger partial charge >= 0.3 is 0 Å². The number of amides is 4. The number of nitrogens with one attached hydrogen (secondary N) is 3. The van der Waals surface area contributed by atoms with E-state index in [9.17, 15) is 29.5 Å². The lowest BCUT2D eigenvalue weighted by atomic mass is 9.49. The van der Waals surface area contributed by atoms with E-state index in [2.05, 4.69) is 69.5 Å². The van der Waals surface area contributed by atoms with E-state index in [-0.39, 0.29) is 44.2 Å². The fourth-order valence-electron chi connectivity index (χ4n) is 10.3. The summed E-state index contributed by atoms with van der Waals surface area (Å²) >= 11 is 7.79. The number of aliphatic hydroxyl groups is 1. The molecule has 2 aromatic heterocycles. The molecule has 1 aliphatic carbocycles. The van der Waals surface area contributed by atoms with Crippen molar-refractivity contribution in [3.05, 3.63) is 87.6 Å². The molecule has 1 saturated carbocycles. The molecular formula is C52H66ClN9O8S. The Morgan fingerprint density at radius 1 is 1.01 bits per heavy atom. The molecule has 3 aliphatic rings. The molecule has 2 saturated heterocycles. The Hall–Kier alpha value is -5.84. The molecule has 7 rings (SSSR count). The maximum atomic E-state index is 14.1. The van der Waals surface area contributed by atoms with Crippen molar-refractivity contribution in [3.8, 4) is 28.0 Å². The highest BCUT2D eigenvalue weighted by molar-refractivity contribution is 7.13. The molecule has 0 radical (unpaired) electrons. The number of nitriles is 1. The number of likely N-dealkylation sites (tertiary alicyclic amines) is 1. The van der Waals surface area contributed by atoms with E-state index in [0.717, 1.165) is 40.6 Å². The highest BCUT2D eigenvalue weighted by atomic mass is 35.5. The Morgan fingerprint density at radius 3 is 2.37 bits per heavy atom. The molecule has 2 aliphatic heterocycles. The third kappa shape index (κ3) is 11.9. The second kappa shape index (κ2) is 21.9. The first-order chi connectivity index (χ1) is 33.6. The summed E-state index contributed by atoms with van der Waals surface area (Å²) in [5.74, 6) is 0.408. The van der Waals surface area contributed by atoms with Crippen LogP contribution in [0.4, 0.5) is 5.82 Å². The average molecular weight is 1010 g/mol. The number of aromatic nitrogens is 2. The summed E-state index contributed by atoms with van der Waals surface area (Å²) in [6.07, 6.45) is 0.551. The number of nitrogens with zero attached hydrogens (tertiary/aromatic N) is 6. The quantitative estimate of drug-likeness (QED) is 0.0950. The van der Waals surface area contributed by atoms with Crippen LogP contribution in [0.5, 0.6) is 11.5 Å². The van der Waals surface area contributed by atoms with Crippen LogP contribution >= 0.6 is 22.9 Å². The van der Waals surface area contributed by atoms with Gasteiger partial charge in [-0.3, -0.25) is 24.1 Å². The number of aryl methyl sites for hydroxylation is 1. The standard InChI is InChI=1S/C52H66ClN9O8S/c1-31-43(71-30-57-31)32-10-11-34(40(22-32)68-9)26-56-46(66)39-23-36(63)28-62(39)47(67)44(50(2,3)4)58-42(64)29-69-21-20-60-16-18-61(19-17-60)41-15-13-35(27-55-41)45(65)59-48-51(5,6)49(52(48,7)8)70-37-14-12-33(25-54)38(53)24-37/h10-15,22,24,27,30,36,39,44,48-49,63H,16-21,23,26,28-29H2,1-9H3,(H,56,66)(H,58,64)(H,59,65)/t36-,39+,44?,48?,49?/m1/s1. The van der Waals surface area contributed by atoms with E-state index < -0.39 is 52.2 Å². The monoisotopic (exact) mass is 1010 g/mol. The van der Waals surface area contributed by atoms with Crippen molar-refractivity contribution in [2.24, 2.45) is 16.2 Å². The third-order valence-corrected chi connectivity index (χ3v) is 15.2. The second-order valence-electron chi connectivity index (χ2n) is 20.9. The number of ether oxygens (including phenoxy) is 3. The van der Waals surface area contributed by atoms with Crippen molar-refractivity contribution in [2.75, 3.05) is 64.5 Å². The highest BCUT2D eigenvalue weighted by Crippen LogP contribution is 2.55. The van der Waals surface area contributed by atoms with Crippen molar-refractivity contribution in [1.82, 2.24) is 35.7 Å². The topological polar surface area (TPSA) is 212 Å². The maximum Gasteiger partial charge on any atom is 0.253 e. The molecule has 4 aromatic rings. The molecule has 71 heavy (non-hydrogen) atoms. The number of piperazine rings is 1. The first-order valence-electron chi connectivity index (χ1n) is 23.9. The van der Waals surface area contributed by atoms with E-state index in [1.165, 1.54) is 16.2 Å². The summed E-state index contributed by atoms with van der Waals surface area (Å²) in [6.45, 7) is 19.4. The number of methoxy groups -OCH3 is 1. The third-order valence-electron chi connectivity index (χ3n) is 14.0. The van der Waals surface area contributed by atoms with Crippen molar-refractivity contribution >= 4 is 52.4 Å². The van der Waals surface area contributed by atoms with Gasteiger partial charge in [-0.15, -0.1) is 11.3 Å². The van der Waals surface area contributed by atoms with Gasteiger partial charge in [-0.2, -0.15) is 5.26 Å². The molecule has 3 atom stereocenters. The van der Waals surface area contributed by atoms with Crippen LogP contribution in [0, 0.1) is 34.5 Å². The van der Waals surface area contributed by atoms with Crippen LogP contribution in [-0.4, -0.2) is 138 Å². The number of anilines is 1. The fraction of sp³-hybridized carbons (Fsp3) is 0.519. The number of aliphatic hydroxyl groups excluding tert-OH is 1. The molecule has 4 amide bonds. The Balaban J connectivity index is 0.834. The summed E-state index contributed by atoms with van der Waals surface area (Å²) in [6, 6.07) is 14.4. The van der Waals surface area contributed by atoms with Gasteiger partial charge in [0.25, 0.3) is 5.91 Å². The Morgan fingerprint density at radius 2 is 1.75 bits per heavy atom. The highest BCUT2D eigenvalue weighted by Gasteiger charge is 2.64. The minimum atomic E-state index is -0.982. The van der Waals surface area contributed by atoms with Gasteiger partial charge in [-0.1, -0.05) is 72.2 Å². The number of thiazole rings is 1. The van der Waals surface area contributed by atoms with Crippen LogP contribution in [0.1, 0.15) is 82.1 Å². The lowest BCUT2D eigenvalue weighted by Crippen LogP contribution is -2.74. The van der Waals surface area contributed by atoms with Crippen LogP contribution in [-0.2, 0) is 25.7 Å². The number of pyridine rings is 1. The molecule has 3 fully saturated rings. The summed E-state index contributed by atoms with van der Waals surface area (Å²) in [5, 5.41) is 29.2. The molecule has 2 aromatic carbocycles. The number of benzene rings is 2. The second-order valence-corrected chi connectivity index (χ2v) is 22.1. The van der Waals surface area contributed by atoms with Gasteiger partial charge in [0.05, 0.1) is 52.1 Å². The number of rotatable bonds is 17. The largest absolute Gasteiger partial charge is 0.496 e. The van der Waals surface area contributed by atoms with Crippen LogP contribution < -0.4 is 30.3 Å². The molecule has 0 spiro atoms. The number of carbonyl (C=O) groups is 4. The molecule has 19 heteroatoms. The summed E-state index contributed by atoms with van der Waals surface area (Å²) in [7, 11) is 1.57. The van der Waals surface area contributed by atoms with Gasteiger partial charge < -0.3 is 45.1 Å². The molecule has 1 unspecified atom stereocenters. The van der Waals surface area contributed by atoms with Gasteiger partial charge in [-0.05, 0) is 48.2 Å². The van der Waals surface area contributed by atoms with Crippen LogP contribution in [0.25, 0.3) is 10.4 Å². The maximum absolute atomic E-state index is 14.1. The smallest absolute Gasteiger partial charge is 0.253 e. The first kappa shape index (κ1) is 53.0. The molecule has 380 valence electrons. The summed E-state index contributed by atoms with van der Waals surface area (Å²) < 4.78 is 17.8. The lowest BCUT2D eigenvalue weighted by molar-refractivity contribution is -0.164. The number of hydrogen-bond acceptors (Lipinski definition) is 14. The van der Waals surface area contributed by atoms with Gasteiger partial charge in [0.2, 0.25) is 17.7 Å². The molecule has 4 N–H and O–H groups in total. The van der Waals surface area contributed by atoms with Crippen molar-refractivity contribution in [3.63, 3.8) is 0 Å². The van der Waals surface area contributed by atoms with Gasteiger partial charge in [0, 0.05) is 86.9 Å². The van der Waals surface area contributed by atoms with E-state index in [1.54, 1.807) is 43.1 Å². The van der Waals surface area contributed by atoms with Gasteiger partial charge in [0.15, 0.2) is 0 Å². The predicted octanol–water partition coefficient (Wildman–Crippen LogP) is 5.61. The van der Waals surface area contributed by atoms with Crippen molar-refractivity contribution in [2.45, 2.75) is 98.7 Å². The number of halogens is 1. The number of carbonyl (C=O) groups excluding carboxylic acids is 4. The molecular weight excluding hydrogens is 946 g/mol. The zero-order valence-electron chi connectivity index (χ0n) is 42.0. The van der Waals surface area contributed by atoms with Crippen LogP contribution in [0.3, 0.4) is 0 Å². The van der Waals surface area contributed by atoms with E-state index >= 15 is 0 Å². The average Bonchev–Trinajstić information content (AvgIpc) is 3.96. The van der Waals surface area contributed by atoms with E-state index in [4.69, 9.17) is 25.8 Å². The Kier molecular flexibility index (Phi) is 16.3. The number of hydrogen-bond donors (Lipinski definition) is 4. The lowest BCUT2D eigenvalue weighted by Gasteiger charge is -2.63. The molecule has 0 bridgehead atoms. The van der Waals surface area contributed by atoms with Crippen LogP contribution in [0.15, 0.2) is 60.2 Å². The fourth-order valence-corrected chi connectivity index (χ4v) is 11.3. The molecule has 4 heterocycles. The predicted molar refractivity (Wildman–Crippen MR) is 271 cm³/mol. The Labute approximate surface area is 425 Å². The first-order valence-corrected chi connectivity index (χ1v) is 25.2. The number of β-amino-alcohol motifs (C(OH)–C–C–N with tert-alkyl or cyclic N) is 1. The zero-order valence-corrected chi connectivity index (χ0v) is 43.6. The van der Waals surface area contributed by atoms with Gasteiger partial charge in [0.1, 0.15) is 48.2 Å². The van der Waals surface area contributed by atoms with E-state index in [1.807, 2.05) is 52.0 Å². The van der Waals surface area contributed by atoms with E-state index in [0.29, 0.717) is 53.9 Å². The normalized spacial score (nSPS) is 21.1. The van der Waals surface area contributed by atoms with Crippen molar-refractivity contribution < 1.29 is 38.5 Å². The minimum Gasteiger partial charge on any atom is -0.496 e. The molecule has 17 nitrogen and oxygen atoms in total.